The van der Waals surface area contributed by atoms with Gasteiger partial charge in [-0.05, 0) is 125 Å². The van der Waals surface area contributed by atoms with Gasteiger partial charge in [0.25, 0.3) is 0 Å². The highest BCUT2D eigenvalue weighted by atomic mass is 32.4. The third kappa shape index (κ3) is 5.09. The minimum Gasteiger partial charge on any atom is -0.306 e. The van der Waals surface area contributed by atoms with E-state index in [9.17, 15) is 0 Å². The van der Waals surface area contributed by atoms with Crippen molar-refractivity contribution in [2.45, 2.75) is 94.8 Å². The molecule has 58 heavy (non-hydrogen) atoms. The molecule has 3 heterocycles. The molecule has 6 aliphatic rings. The fourth-order valence-corrected chi connectivity index (χ4v) is 25.1. The molecule has 0 unspecified atom stereocenters. The topological polar surface area (TPSA) is 3.24 Å². The lowest BCUT2D eigenvalue weighted by atomic mass is 9.95. The Morgan fingerprint density at radius 1 is 0.345 bits per heavy atom. The summed E-state index contributed by atoms with van der Waals surface area (Å²) in [6.45, 7) is 0. The molecule has 6 aromatic carbocycles. The molecule has 0 spiro atoms. The van der Waals surface area contributed by atoms with Gasteiger partial charge in [0.15, 0.2) is 0 Å². The number of rotatable bonds is 6. The van der Waals surface area contributed by atoms with Crippen molar-refractivity contribution in [1.29, 1.82) is 0 Å². The van der Waals surface area contributed by atoms with Gasteiger partial charge >= 0.3 is 0 Å². The van der Waals surface area contributed by atoms with Crippen molar-refractivity contribution in [3.63, 3.8) is 0 Å². The van der Waals surface area contributed by atoms with Crippen molar-refractivity contribution in [3.8, 4) is 0 Å². The Morgan fingerprint density at radius 2 is 0.569 bits per heavy atom. The zero-order valence-corrected chi connectivity index (χ0v) is 38.0. The molecular formula is C51H48NP3S3. The van der Waals surface area contributed by atoms with Gasteiger partial charge in [0, 0.05) is 49.9 Å². The highest BCUT2D eigenvalue weighted by Gasteiger charge is 2.53. The number of nitrogens with zero attached hydrogens (tertiary/aromatic N) is 1. The SMILES string of the molecule is S=P1(c2ccccc2)c2cc(C3CCCC3)cc3c2N2c4c1cc(C1CCCC1)cc4P(=S)(c1ccccc1)c1cc(C4CCCC4)cc(c12)P3(=S)c1ccccc1. The zero-order chi connectivity index (χ0) is 38.8. The molecule has 12 rings (SSSR count). The Kier molecular flexibility index (Phi) is 8.77. The van der Waals surface area contributed by atoms with Crippen molar-refractivity contribution in [1.82, 2.24) is 0 Å². The summed E-state index contributed by atoms with van der Waals surface area (Å²) >= 11 is 22.7. The third-order valence-electron chi connectivity index (χ3n) is 14.8. The van der Waals surface area contributed by atoms with Crippen molar-refractivity contribution >= 4 is 118 Å². The average Bonchev–Trinajstić information content (AvgIpc) is 4.12. The van der Waals surface area contributed by atoms with E-state index >= 15 is 0 Å². The van der Waals surface area contributed by atoms with Crippen molar-refractivity contribution in [3.05, 3.63) is 144 Å². The van der Waals surface area contributed by atoms with Gasteiger partial charge in [0.2, 0.25) is 0 Å². The van der Waals surface area contributed by atoms with Gasteiger partial charge in [-0.3, -0.25) is 0 Å². The minimum absolute atomic E-state index is 0.536. The Morgan fingerprint density at radius 3 is 0.793 bits per heavy atom. The molecule has 1 nitrogen and oxygen atoms in total. The lowest BCUT2D eigenvalue weighted by molar-refractivity contribution is 0.724. The molecule has 0 N–H and O–H groups in total. The van der Waals surface area contributed by atoms with Crippen LogP contribution in [0.5, 0.6) is 0 Å². The van der Waals surface area contributed by atoms with E-state index in [4.69, 9.17) is 35.4 Å². The normalized spacial score (nSPS) is 26.0. The molecular weight excluding hydrogens is 816 g/mol. The molecule has 3 fully saturated rings. The van der Waals surface area contributed by atoms with Crippen LogP contribution in [0.4, 0.5) is 17.1 Å². The van der Waals surface area contributed by atoms with Crippen LogP contribution in [0.2, 0.25) is 0 Å². The monoisotopic (exact) mass is 863 g/mol. The second-order valence-corrected chi connectivity index (χ2v) is 30.9. The van der Waals surface area contributed by atoms with E-state index in [2.05, 4.69) is 132 Å². The van der Waals surface area contributed by atoms with Crippen LogP contribution in [0.3, 0.4) is 0 Å². The summed E-state index contributed by atoms with van der Waals surface area (Å²) in [5.74, 6) is 1.61. The number of benzene rings is 6. The molecule has 3 saturated carbocycles. The van der Waals surface area contributed by atoms with Gasteiger partial charge in [-0.1, -0.05) is 165 Å². The molecule has 0 aromatic heterocycles. The van der Waals surface area contributed by atoms with Gasteiger partial charge in [-0.15, -0.1) is 0 Å². The van der Waals surface area contributed by atoms with Crippen LogP contribution in [-0.4, -0.2) is 0 Å². The summed E-state index contributed by atoms with van der Waals surface area (Å²) in [5, 5.41) is 12.1. The molecule has 290 valence electrons. The van der Waals surface area contributed by atoms with E-state index in [0.29, 0.717) is 17.8 Å². The van der Waals surface area contributed by atoms with Crippen molar-refractivity contribution in [2.75, 3.05) is 4.90 Å². The van der Waals surface area contributed by atoms with Crippen molar-refractivity contribution in [2.24, 2.45) is 0 Å². The molecule has 0 bridgehead atoms. The molecule has 6 aromatic rings. The van der Waals surface area contributed by atoms with E-state index in [1.807, 2.05) is 0 Å². The maximum atomic E-state index is 7.58. The lowest BCUT2D eigenvalue weighted by Crippen LogP contribution is -2.53. The Labute approximate surface area is 359 Å². The van der Waals surface area contributed by atoms with Crippen LogP contribution in [0.1, 0.15) is 111 Å². The Hall–Kier alpha value is -2.93. The van der Waals surface area contributed by atoms with Crippen molar-refractivity contribution < 1.29 is 0 Å². The number of hydrogen-bond donors (Lipinski definition) is 0. The number of hydrogen-bond acceptors (Lipinski definition) is 4. The molecule has 0 amide bonds. The van der Waals surface area contributed by atoms with Crippen LogP contribution in [-0.2, 0) is 35.4 Å². The first-order valence-electron chi connectivity index (χ1n) is 21.7. The van der Waals surface area contributed by atoms with Gasteiger partial charge in [0.1, 0.15) is 0 Å². The van der Waals surface area contributed by atoms with Crippen LogP contribution in [0, 0.1) is 0 Å². The summed E-state index contributed by atoms with van der Waals surface area (Å²) in [5.41, 5.74) is 8.33. The van der Waals surface area contributed by atoms with Gasteiger partial charge in [-0.25, -0.2) is 0 Å². The second kappa shape index (κ2) is 13.8. The van der Waals surface area contributed by atoms with E-state index < -0.39 is 18.1 Å². The minimum atomic E-state index is -2.62. The summed E-state index contributed by atoms with van der Waals surface area (Å²) in [6, 6.07) is 41.7. The molecule has 3 aliphatic heterocycles. The predicted molar refractivity (Wildman–Crippen MR) is 264 cm³/mol. The smallest absolute Gasteiger partial charge is 0.0644 e. The van der Waals surface area contributed by atoms with Gasteiger partial charge < -0.3 is 4.90 Å². The highest BCUT2D eigenvalue weighted by molar-refractivity contribution is 8.28. The molecule has 3 aliphatic carbocycles. The fourth-order valence-electron chi connectivity index (χ4n) is 12.0. The zero-order valence-electron chi connectivity index (χ0n) is 32.9. The molecule has 0 radical (unpaired) electrons. The first-order chi connectivity index (χ1) is 28.4. The highest BCUT2D eigenvalue weighted by Crippen LogP contribution is 2.66. The quantitative estimate of drug-likeness (QED) is 0.153. The summed E-state index contributed by atoms with van der Waals surface area (Å²) in [4.78, 5) is 2.74. The van der Waals surface area contributed by atoms with E-state index in [-0.39, 0.29) is 0 Å². The first kappa shape index (κ1) is 36.9. The maximum Gasteiger partial charge on any atom is 0.0644 e. The van der Waals surface area contributed by atoms with Crippen LogP contribution >= 0.6 is 18.1 Å². The fraction of sp³-hybridized carbons (Fsp3) is 0.294. The molecule has 0 atom stereocenters. The summed E-state index contributed by atoms with van der Waals surface area (Å²) < 4.78 is 0. The first-order valence-corrected chi connectivity index (χ1v) is 30.1. The average molecular weight is 864 g/mol. The van der Waals surface area contributed by atoms with Crippen LogP contribution < -0.4 is 52.6 Å². The van der Waals surface area contributed by atoms with E-state index in [1.54, 1.807) is 0 Å². The van der Waals surface area contributed by atoms with E-state index in [1.165, 1.54) is 159 Å². The van der Waals surface area contributed by atoms with E-state index in [0.717, 1.165) is 0 Å². The van der Waals surface area contributed by atoms with Gasteiger partial charge in [-0.2, -0.15) is 0 Å². The third-order valence-corrected chi connectivity index (χ3v) is 29.5. The number of anilines is 3. The maximum absolute atomic E-state index is 7.58. The van der Waals surface area contributed by atoms with Crippen LogP contribution in [0.25, 0.3) is 0 Å². The van der Waals surface area contributed by atoms with Gasteiger partial charge in [0.05, 0.1) is 17.1 Å². The molecule has 0 saturated heterocycles. The predicted octanol–water partition coefficient (Wildman–Crippen LogP) is 10.3. The summed E-state index contributed by atoms with van der Waals surface area (Å²) in [7, 11) is 0. The largest absolute Gasteiger partial charge is 0.306 e. The summed E-state index contributed by atoms with van der Waals surface area (Å²) in [6.07, 6.45) is 15.2. The Bertz CT molecular complexity index is 2410. The lowest BCUT2D eigenvalue weighted by Gasteiger charge is -2.52. The Balaban J connectivity index is 1.31. The second-order valence-electron chi connectivity index (χ2n) is 17.8. The van der Waals surface area contributed by atoms with Crippen LogP contribution in [0.15, 0.2) is 127 Å². The standard InChI is InChI=1S/C51H48NP3S3/c56-53(40-22-4-1-5-23-40)43-28-37(34-16-10-11-17-34)30-45-49(43)52-50-44(53)29-38(35-18-12-13-19-35)31-46(50)55(58,42-26-8-3-9-27-42)48-33-39(36-20-14-15-21-36)32-47(51(48)52)54(45,57)41-24-6-2-7-25-41/h1-9,22-36H,10-21H2. The molecule has 7 heteroatoms.